The number of nitrogens with zero attached hydrogens (tertiary/aromatic N) is 4. The predicted molar refractivity (Wildman–Crippen MR) is 164 cm³/mol. The number of benzene rings is 1. The maximum Gasteiger partial charge on any atom is 0.341 e. The Bertz CT molecular complexity index is 1620. The van der Waals surface area contributed by atoms with E-state index in [0.29, 0.717) is 11.1 Å². The summed E-state index contributed by atoms with van der Waals surface area (Å²) in [6.45, 7) is 14.9. The van der Waals surface area contributed by atoms with Gasteiger partial charge in [0.15, 0.2) is 11.2 Å². The van der Waals surface area contributed by atoms with Crippen molar-refractivity contribution in [3.8, 4) is 5.88 Å². The lowest BCUT2D eigenvalue weighted by atomic mass is 9.89. The molecule has 3 rings (SSSR count). The Labute approximate surface area is 263 Å². The number of carbonyl (C=O) groups is 3. The van der Waals surface area contributed by atoms with Crippen LogP contribution in [-0.4, -0.2) is 65.1 Å². The molecule has 0 bridgehead atoms. The number of carbonyl (C=O) groups excluding carboxylic acids is 3. The van der Waals surface area contributed by atoms with Gasteiger partial charge >= 0.3 is 22.1 Å². The first-order valence-corrected chi connectivity index (χ1v) is 15.9. The number of esters is 2. The number of hydrogen-bond donors (Lipinski definition) is 1. The third kappa shape index (κ3) is 9.20. The molecule has 14 nitrogen and oxygen atoms in total. The Balaban J connectivity index is 2.09. The molecule has 0 aliphatic carbocycles. The molecular weight excluding hydrogens is 606 g/mol. The smallest absolute Gasteiger partial charge is 0.341 e. The van der Waals surface area contributed by atoms with Crippen molar-refractivity contribution in [2.24, 2.45) is 0 Å². The monoisotopic (exact) mass is 647 g/mol. The molecule has 2 heterocycles. The van der Waals surface area contributed by atoms with E-state index in [-0.39, 0.29) is 59.7 Å². The molecule has 0 spiro atoms. The largest absolute Gasteiger partial charge is 0.463 e. The van der Waals surface area contributed by atoms with Crippen molar-refractivity contribution >= 4 is 45.1 Å². The molecule has 0 aliphatic rings. The molecule has 45 heavy (non-hydrogen) atoms. The van der Waals surface area contributed by atoms with E-state index in [1.807, 2.05) is 53.7 Å². The second-order valence-corrected chi connectivity index (χ2v) is 13.0. The Morgan fingerprint density at radius 2 is 1.42 bits per heavy atom. The van der Waals surface area contributed by atoms with Crippen molar-refractivity contribution in [1.29, 1.82) is 0 Å². The number of ether oxygens (including phenoxy) is 3. The first-order valence-electron chi connectivity index (χ1n) is 14.5. The molecule has 15 heteroatoms. The summed E-state index contributed by atoms with van der Waals surface area (Å²) in [6.07, 6.45) is 0.488. The molecule has 1 aromatic carbocycles. The lowest BCUT2D eigenvalue weighted by Gasteiger charge is -2.22. The summed E-state index contributed by atoms with van der Waals surface area (Å²) in [6, 6.07) is 3.79. The molecule has 0 saturated carbocycles. The van der Waals surface area contributed by atoms with Gasteiger partial charge in [0, 0.05) is 20.8 Å². The number of amides is 1. The van der Waals surface area contributed by atoms with E-state index in [1.54, 1.807) is 0 Å². The van der Waals surface area contributed by atoms with Crippen molar-refractivity contribution < 1.29 is 41.2 Å². The highest BCUT2D eigenvalue weighted by molar-refractivity contribution is 7.87. The second kappa shape index (κ2) is 14.8. The van der Waals surface area contributed by atoms with Crippen LogP contribution in [0.3, 0.4) is 0 Å². The van der Waals surface area contributed by atoms with Gasteiger partial charge in [-0.3, -0.25) is 24.3 Å². The summed E-state index contributed by atoms with van der Waals surface area (Å²) in [7, 11) is -4.47. The Morgan fingerprint density at radius 1 is 0.867 bits per heavy atom. The molecular formula is C30H41N5O9S. The van der Waals surface area contributed by atoms with Crippen LogP contribution >= 0.6 is 0 Å². The minimum absolute atomic E-state index is 0.0104. The normalized spacial score (nSPS) is 11.9. The summed E-state index contributed by atoms with van der Waals surface area (Å²) < 4.78 is 51.1. The molecule has 3 aromatic rings. The first kappa shape index (κ1) is 35.4. The van der Waals surface area contributed by atoms with Gasteiger partial charge in [-0.1, -0.05) is 53.7 Å². The Morgan fingerprint density at radius 3 is 1.89 bits per heavy atom. The predicted octanol–water partition coefficient (Wildman–Crippen LogP) is 4.39. The summed E-state index contributed by atoms with van der Waals surface area (Å²) in [5.74, 6) is -2.31. The van der Waals surface area contributed by atoms with Gasteiger partial charge in [0.2, 0.25) is 11.9 Å². The molecule has 0 atom stereocenters. The van der Waals surface area contributed by atoms with Crippen LogP contribution in [0.25, 0.3) is 11.2 Å². The average Bonchev–Trinajstić information content (AvgIpc) is 3.34. The molecule has 2 aromatic heterocycles. The summed E-state index contributed by atoms with van der Waals surface area (Å²) in [4.78, 5) is 47.4. The number of fused-ring (bicyclic) bond motifs is 1. The fourth-order valence-corrected chi connectivity index (χ4v) is 5.93. The maximum atomic E-state index is 14.1. The number of imidazole rings is 1. The molecule has 0 unspecified atom stereocenters. The highest BCUT2D eigenvalue weighted by Crippen LogP contribution is 2.37. The van der Waals surface area contributed by atoms with Gasteiger partial charge in [-0.05, 0) is 34.4 Å². The molecule has 1 N–H and O–H groups in total. The van der Waals surface area contributed by atoms with E-state index in [1.165, 1.54) is 31.7 Å². The average molecular weight is 648 g/mol. The zero-order valence-corrected chi connectivity index (χ0v) is 27.9. The van der Waals surface area contributed by atoms with Crippen molar-refractivity contribution in [1.82, 2.24) is 19.5 Å². The molecule has 246 valence electrons. The third-order valence-corrected chi connectivity index (χ3v) is 7.98. The summed E-state index contributed by atoms with van der Waals surface area (Å²) >= 11 is 0. The minimum atomic E-state index is -4.47. The van der Waals surface area contributed by atoms with Gasteiger partial charge in [0.25, 0.3) is 5.88 Å². The molecule has 0 aliphatic heterocycles. The zero-order valence-electron chi connectivity index (χ0n) is 27.0. The number of hydrogen-bond acceptors (Lipinski definition) is 12. The fourth-order valence-electron chi connectivity index (χ4n) is 4.36. The molecule has 0 fully saturated rings. The molecule has 0 saturated heterocycles. The van der Waals surface area contributed by atoms with E-state index in [2.05, 4.69) is 20.3 Å². The van der Waals surface area contributed by atoms with Gasteiger partial charge in [-0.25, -0.2) is 4.98 Å². The van der Waals surface area contributed by atoms with E-state index in [9.17, 15) is 22.8 Å². The van der Waals surface area contributed by atoms with Crippen LogP contribution < -0.4 is 9.50 Å². The maximum absolute atomic E-state index is 14.1. The van der Waals surface area contributed by atoms with Crippen LogP contribution in [0.4, 0.5) is 5.95 Å². The zero-order chi connectivity index (χ0) is 33.6. The standard InChI is InChI=1S/C30H41N5O9S/c1-16(2)22-10-24(17(3)4)27(25(11-22)18(5)6)45(39,40)44-29-26-28(33-30(34-29)32-19(7)36)35(14-31-26)15-43-23(12-41-20(8)37)13-42-21(9)38/h10-11,14,16-18,23H,12-13,15H2,1-9H3,(H,32,33,34,36). The third-order valence-electron chi connectivity index (χ3n) is 6.63. The molecule has 0 radical (unpaired) electrons. The van der Waals surface area contributed by atoms with Crippen molar-refractivity contribution in [2.45, 2.75) is 97.8 Å². The highest BCUT2D eigenvalue weighted by Gasteiger charge is 2.31. The SMILES string of the molecule is CC(=O)Nc1nc(OS(=O)(=O)c2c(C(C)C)cc(C(C)C)cc2C(C)C)c2ncn(COC(COC(C)=O)COC(C)=O)c2n1. The van der Waals surface area contributed by atoms with Crippen LogP contribution in [0.2, 0.25) is 0 Å². The number of rotatable bonds is 14. The molecule has 1 amide bonds. The van der Waals surface area contributed by atoms with Crippen molar-refractivity contribution in [3.05, 3.63) is 35.2 Å². The first-order chi connectivity index (χ1) is 21.0. The number of nitrogens with one attached hydrogen (secondary N) is 1. The van der Waals surface area contributed by atoms with Crippen LogP contribution in [0, 0.1) is 0 Å². The second-order valence-electron chi connectivity index (χ2n) is 11.5. The van der Waals surface area contributed by atoms with Gasteiger partial charge in [-0.15, -0.1) is 0 Å². The summed E-state index contributed by atoms with van der Waals surface area (Å²) in [5.41, 5.74) is 2.31. The fraction of sp³-hybridized carbons (Fsp3) is 0.533. The highest BCUT2D eigenvalue weighted by atomic mass is 32.2. The van der Waals surface area contributed by atoms with Crippen LogP contribution in [0.5, 0.6) is 5.88 Å². The van der Waals surface area contributed by atoms with E-state index >= 15 is 0 Å². The van der Waals surface area contributed by atoms with E-state index in [0.717, 1.165) is 5.56 Å². The van der Waals surface area contributed by atoms with Crippen LogP contribution in [-0.2, 0) is 45.4 Å². The van der Waals surface area contributed by atoms with Gasteiger partial charge in [0.05, 0.1) is 6.33 Å². The lowest BCUT2D eigenvalue weighted by Crippen LogP contribution is -2.28. The Hall–Kier alpha value is -4.11. The van der Waals surface area contributed by atoms with Crippen LogP contribution in [0.15, 0.2) is 23.4 Å². The quantitative estimate of drug-likeness (QED) is 0.193. The van der Waals surface area contributed by atoms with Gasteiger partial charge in [0.1, 0.15) is 30.9 Å². The van der Waals surface area contributed by atoms with Gasteiger partial charge in [-0.2, -0.15) is 18.4 Å². The Kier molecular flexibility index (Phi) is 11.6. The van der Waals surface area contributed by atoms with E-state index in [4.69, 9.17) is 18.4 Å². The summed E-state index contributed by atoms with van der Waals surface area (Å²) in [5, 5.41) is 2.46. The number of aromatic nitrogens is 4. The topological polar surface area (TPSA) is 178 Å². The number of anilines is 1. The van der Waals surface area contributed by atoms with Crippen molar-refractivity contribution in [2.75, 3.05) is 18.5 Å². The van der Waals surface area contributed by atoms with Crippen molar-refractivity contribution in [3.63, 3.8) is 0 Å². The lowest BCUT2D eigenvalue weighted by molar-refractivity contribution is -0.154. The van der Waals surface area contributed by atoms with Crippen LogP contribution in [0.1, 0.15) is 96.8 Å². The minimum Gasteiger partial charge on any atom is -0.463 e. The van der Waals surface area contributed by atoms with E-state index < -0.39 is 39.9 Å². The van der Waals surface area contributed by atoms with Gasteiger partial charge < -0.3 is 18.4 Å².